The van der Waals surface area contributed by atoms with Crippen LogP contribution in [0.2, 0.25) is 0 Å². The number of carbonyl (C=O) groups is 2. The molecule has 1 N–H and O–H groups in total. The summed E-state index contributed by atoms with van der Waals surface area (Å²) in [6.45, 7) is 2.87. The summed E-state index contributed by atoms with van der Waals surface area (Å²) in [4.78, 5) is 27.3. The van der Waals surface area contributed by atoms with Gasteiger partial charge in [0, 0.05) is 37.2 Å². The zero-order valence-electron chi connectivity index (χ0n) is 17.8. The van der Waals surface area contributed by atoms with E-state index in [1.54, 1.807) is 0 Å². The third-order valence-corrected chi connectivity index (χ3v) is 6.67. The molecular formula is C24H34N2O4. The number of piperidine rings is 1. The summed E-state index contributed by atoms with van der Waals surface area (Å²) in [5.41, 5.74) is 0.639. The maximum Gasteiger partial charge on any atom is 0.251 e. The number of hydrogen-bond acceptors (Lipinski definition) is 4. The highest BCUT2D eigenvalue weighted by Gasteiger charge is 2.29. The van der Waals surface area contributed by atoms with Crippen LogP contribution in [-0.2, 0) is 9.53 Å². The monoisotopic (exact) mass is 414 g/mol. The van der Waals surface area contributed by atoms with Crippen molar-refractivity contribution in [1.82, 2.24) is 10.2 Å². The Morgan fingerprint density at radius 3 is 2.37 bits per heavy atom. The van der Waals surface area contributed by atoms with E-state index in [-0.39, 0.29) is 24.0 Å². The van der Waals surface area contributed by atoms with E-state index < -0.39 is 0 Å². The summed E-state index contributed by atoms with van der Waals surface area (Å²) in [5, 5.41) is 3.13. The molecule has 30 heavy (non-hydrogen) atoms. The molecule has 6 nitrogen and oxygen atoms in total. The topological polar surface area (TPSA) is 67.9 Å². The van der Waals surface area contributed by atoms with E-state index in [9.17, 15) is 9.59 Å². The molecule has 2 amide bonds. The molecule has 0 radical (unpaired) electrons. The molecule has 3 aliphatic rings. The zero-order chi connectivity index (χ0) is 20.8. The Hall–Kier alpha value is -2.08. The van der Waals surface area contributed by atoms with Crippen molar-refractivity contribution in [2.24, 2.45) is 5.92 Å². The van der Waals surface area contributed by atoms with E-state index >= 15 is 0 Å². The van der Waals surface area contributed by atoms with Crippen LogP contribution in [-0.4, -0.2) is 55.2 Å². The van der Waals surface area contributed by atoms with Gasteiger partial charge >= 0.3 is 0 Å². The lowest BCUT2D eigenvalue weighted by Gasteiger charge is -2.35. The van der Waals surface area contributed by atoms with E-state index in [0.29, 0.717) is 18.1 Å². The van der Waals surface area contributed by atoms with Crippen LogP contribution in [0, 0.1) is 5.92 Å². The van der Waals surface area contributed by atoms with E-state index in [1.807, 2.05) is 29.2 Å². The molecule has 1 aromatic rings. The molecule has 164 valence electrons. The number of amides is 2. The van der Waals surface area contributed by atoms with Crippen LogP contribution in [0.4, 0.5) is 0 Å². The average Bonchev–Trinajstić information content (AvgIpc) is 3.32. The Morgan fingerprint density at radius 2 is 1.70 bits per heavy atom. The summed E-state index contributed by atoms with van der Waals surface area (Å²) < 4.78 is 11.3. The van der Waals surface area contributed by atoms with Crippen molar-refractivity contribution >= 4 is 11.8 Å². The van der Waals surface area contributed by atoms with Crippen molar-refractivity contribution in [3.8, 4) is 5.75 Å². The molecule has 1 atom stereocenters. The van der Waals surface area contributed by atoms with Gasteiger partial charge < -0.3 is 19.7 Å². The Kier molecular flexibility index (Phi) is 7.26. The maximum absolute atomic E-state index is 12.7. The molecule has 1 aliphatic carbocycles. The highest BCUT2D eigenvalue weighted by Crippen LogP contribution is 2.26. The predicted octanol–water partition coefficient (Wildman–Crippen LogP) is 3.55. The van der Waals surface area contributed by atoms with E-state index in [1.165, 1.54) is 19.3 Å². The van der Waals surface area contributed by atoms with Crippen LogP contribution in [0.15, 0.2) is 24.3 Å². The van der Waals surface area contributed by atoms with Crippen LogP contribution in [0.3, 0.4) is 0 Å². The number of nitrogens with one attached hydrogen (secondary N) is 1. The molecule has 1 aromatic carbocycles. The summed E-state index contributed by atoms with van der Waals surface area (Å²) in [7, 11) is 0. The second-order valence-electron chi connectivity index (χ2n) is 8.88. The fourth-order valence-electron chi connectivity index (χ4n) is 4.79. The second-order valence-corrected chi connectivity index (χ2v) is 8.88. The van der Waals surface area contributed by atoms with Gasteiger partial charge in [0.05, 0.1) is 6.10 Å². The highest BCUT2D eigenvalue weighted by molar-refractivity contribution is 5.94. The number of nitrogens with zero attached hydrogens (tertiary/aromatic N) is 1. The third kappa shape index (κ3) is 5.54. The lowest BCUT2D eigenvalue weighted by Crippen LogP contribution is -2.48. The van der Waals surface area contributed by atoms with Crippen molar-refractivity contribution in [1.29, 1.82) is 0 Å². The number of rotatable bonds is 6. The second kappa shape index (κ2) is 10.3. The minimum atomic E-state index is -0.0577. The first-order valence-electron chi connectivity index (χ1n) is 11.6. The van der Waals surface area contributed by atoms with Gasteiger partial charge in [-0.2, -0.15) is 0 Å². The molecule has 2 saturated heterocycles. The van der Waals surface area contributed by atoms with E-state index in [2.05, 4.69) is 5.32 Å². The first kappa shape index (κ1) is 21.2. The van der Waals surface area contributed by atoms with Gasteiger partial charge in [0.15, 0.2) is 0 Å². The third-order valence-electron chi connectivity index (χ3n) is 6.67. The summed E-state index contributed by atoms with van der Waals surface area (Å²) >= 11 is 0. The van der Waals surface area contributed by atoms with Crippen LogP contribution in [0.5, 0.6) is 5.75 Å². The van der Waals surface area contributed by atoms with Gasteiger partial charge in [0.2, 0.25) is 5.91 Å². The van der Waals surface area contributed by atoms with Crippen molar-refractivity contribution in [2.75, 3.05) is 26.3 Å². The number of carbonyl (C=O) groups excluding carboxylic acids is 2. The van der Waals surface area contributed by atoms with Crippen molar-refractivity contribution in [2.45, 2.75) is 69.9 Å². The normalized spacial score (nSPS) is 23.3. The molecule has 0 aromatic heterocycles. The summed E-state index contributed by atoms with van der Waals surface area (Å²) in [6, 6.07) is 7.43. The largest absolute Gasteiger partial charge is 0.491 e. The van der Waals surface area contributed by atoms with Gasteiger partial charge in [-0.1, -0.05) is 19.3 Å². The molecule has 1 unspecified atom stereocenters. The fraction of sp³-hybridized carbons (Fsp3) is 0.667. The molecule has 2 aliphatic heterocycles. The minimum Gasteiger partial charge on any atom is -0.491 e. The number of hydrogen-bond donors (Lipinski definition) is 1. The van der Waals surface area contributed by atoms with Gasteiger partial charge in [-0.15, -0.1) is 0 Å². The molecule has 0 bridgehead atoms. The lowest BCUT2D eigenvalue weighted by molar-refractivity contribution is -0.137. The average molecular weight is 415 g/mol. The SMILES string of the molecule is O=C(NC1CCN(C(=O)C2CCCCC2)CC1)c1ccc(OCC2CCCO2)cc1. The van der Waals surface area contributed by atoms with Gasteiger partial charge in [-0.05, 0) is 62.8 Å². The smallest absolute Gasteiger partial charge is 0.251 e. The molecule has 3 fully saturated rings. The van der Waals surface area contributed by atoms with Crippen LogP contribution in [0.1, 0.15) is 68.1 Å². The molecule has 4 rings (SSSR count). The quantitative estimate of drug-likeness (QED) is 0.773. The van der Waals surface area contributed by atoms with Gasteiger partial charge in [0.1, 0.15) is 12.4 Å². The number of ether oxygens (including phenoxy) is 2. The molecule has 6 heteroatoms. The zero-order valence-corrected chi connectivity index (χ0v) is 17.8. The first-order chi connectivity index (χ1) is 14.7. The number of benzene rings is 1. The first-order valence-corrected chi connectivity index (χ1v) is 11.6. The number of likely N-dealkylation sites (tertiary alicyclic amines) is 1. The Bertz CT molecular complexity index is 700. The van der Waals surface area contributed by atoms with Crippen molar-refractivity contribution < 1.29 is 19.1 Å². The Morgan fingerprint density at radius 1 is 0.967 bits per heavy atom. The standard InChI is InChI=1S/C24H34N2O4/c27-23(18-8-10-21(11-9-18)30-17-22-7-4-16-29-22)25-20-12-14-26(15-13-20)24(28)19-5-2-1-3-6-19/h8-11,19-20,22H,1-7,12-17H2,(H,25,27). The Balaban J connectivity index is 1.20. The predicted molar refractivity (Wildman–Crippen MR) is 115 cm³/mol. The highest BCUT2D eigenvalue weighted by atomic mass is 16.5. The van der Waals surface area contributed by atoms with Crippen molar-refractivity contribution in [3.63, 3.8) is 0 Å². The fourth-order valence-corrected chi connectivity index (χ4v) is 4.79. The van der Waals surface area contributed by atoms with Crippen LogP contribution in [0.25, 0.3) is 0 Å². The van der Waals surface area contributed by atoms with Gasteiger partial charge in [-0.3, -0.25) is 9.59 Å². The summed E-state index contributed by atoms with van der Waals surface area (Å²) in [6.07, 6.45) is 9.70. The van der Waals surface area contributed by atoms with Gasteiger partial charge in [-0.25, -0.2) is 0 Å². The van der Waals surface area contributed by atoms with Crippen molar-refractivity contribution in [3.05, 3.63) is 29.8 Å². The maximum atomic E-state index is 12.7. The minimum absolute atomic E-state index is 0.0577. The molecular weight excluding hydrogens is 380 g/mol. The molecule has 1 saturated carbocycles. The summed E-state index contributed by atoms with van der Waals surface area (Å²) in [5.74, 6) is 1.26. The Labute approximate surface area is 179 Å². The molecule has 0 spiro atoms. The van der Waals surface area contributed by atoms with Crippen LogP contribution >= 0.6 is 0 Å². The van der Waals surface area contributed by atoms with Crippen LogP contribution < -0.4 is 10.1 Å². The molecule has 2 heterocycles. The van der Waals surface area contributed by atoms with Gasteiger partial charge in [0.25, 0.3) is 5.91 Å². The van der Waals surface area contributed by atoms with E-state index in [0.717, 1.165) is 64.0 Å². The lowest BCUT2D eigenvalue weighted by atomic mass is 9.87. The van der Waals surface area contributed by atoms with E-state index in [4.69, 9.17) is 9.47 Å².